The van der Waals surface area contributed by atoms with Crippen molar-refractivity contribution >= 4 is 10.9 Å². The molecule has 0 radical (unpaired) electrons. The van der Waals surface area contributed by atoms with E-state index in [-0.39, 0.29) is 11.6 Å². The van der Waals surface area contributed by atoms with E-state index in [1.54, 1.807) is 23.9 Å². The predicted octanol–water partition coefficient (Wildman–Crippen LogP) is 1.77. The molecule has 0 N–H and O–H groups in total. The summed E-state index contributed by atoms with van der Waals surface area (Å²) in [6, 6.07) is 1.48. The Bertz CT molecular complexity index is 631. The summed E-state index contributed by atoms with van der Waals surface area (Å²) in [6.45, 7) is 1.78. The first-order chi connectivity index (χ1) is 8.13. The van der Waals surface area contributed by atoms with Gasteiger partial charge >= 0.3 is 0 Å². The number of aryl methyl sites for hydroxylation is 1. The van der Waals surface area contributed by atoms with E-state index >= 15 is 0 Å². The normalized spacial score (nSPS) is 23.6. The average Bonchev–Trinajstić information content (AvgIpc) is 2.24. The summed E-state index contributed by atoms with van der Waals surface area (Å²) in [7, 11) is 0. The van der Waals surface area contributed by atoms with E-state index in [2.05, 4.69) is 9.97 Å². The van der Waals surface area contributed by atoms with Crippen molar-refractivity contribution in [2.24, 2.45) is 0 Å². The summed E-state index contributed by atoms with van der Waals surface area (Å²) >= 11 is 0. The Morgan fingerprint density at radius 2 is 2.24 bits per heavy atom. The van der Waals surface area contributed by atoms with Gasteiger partial charge in [0.1, 0.15) is 12.0 Å². The lowest BCUT2D eigenvalue weighted by Crippen LogP contribution is -2.34. The van der Waals surface area contributed by atoms with Crippen LogP contribution in [0.25, 0.3) is 10.9 Å². The van der Waals surface area contributed by atoms with Crippen LogP contribution in [0.4, 0.5) is 4.39 Å². The number of nitrogens with zero attached hydrogens (tertiary/aromatic N) is 3. The van der Waals surface area contributed by atoms with Crippen LogP contribution in [-0.4, -0.2) is 20.7 Å². The van der Waals surface area contributed by atoms with Crippen LogP contribution in [0.2, 0.25) is 0 Å². The van der Waals surface area contributed by atoms with Gasteiger partial charge in [0.05, 0.1) is 5.52 Å². The van der Waals surface area contributed by atoms with Crippen LogP contribution in [-0.2, 0) is 0 Å². The van der Waals surface area contributed by atoms with Crippen molar-refractivity contribution < 1.29 is 4.39 Å². The zero-order valence-electron chi connectivity index (χ0n) is 9.43. The van der Waals surface area contributed by atoms with Crippen LogP contribution in [0, 0.1) is 6.92 Å². The second-order valence-electron chi connectivity index (χ2n) is 4.50. The third kappa shape index (κ3) is 1.71. The van der Waals surface area contributed by atoms with E-state index in [9.17, 15) is 9.18 Å². The molecule has 2 aromatic rings. The first kappa shape index (κ1) is 10.4. The molecule has 0 aliphatic heterocycles. The van der Waals surface area contributed by atoms with Crippen LogP contribution >= 0.6 is 0 Å². The minimum atomic E-state index is -0.767. The van der Waals surface area contributed by atoms with Gasteiger partial charge in [-0.25, -0.2) is 14.4 Å². The molecule has 88 valence electrons. The molecule has 1 saturated carbocycles. The van der Waals surface area contributed by atoms with Crippen LogP contribution in [0.15, 0.2) is 23.3 Å². The lowest BCUT2D eigenvalue weighted by Gasteiger charge is -2.31. The van der Waals surface area contributed by atoms with E-state index in [0.29, 0.717) is 24.2 Å². The molecule has 1 aliphatic rings. The van der Waals surface area contributed by atoms with E-state index in [1.807, 2.05) is 0 Å². The zero-order chi connectivity index (χ0) is 12.0. The topological polar surface area (TPSA) is 47.8 Å². The number of fused-ring (bicyclic) bond motifs is 1. The smallest absolute Gasteiger partial charge is 0.252 e. The summed E-state index contributed by atoms with van der Waals surface area (Å²) < 4.78 is 14.4. The lowest BCUT2D eigenvalue weighted by atomic mass is 9.90. The molecule has 0 amide bonds. The van der Waals surface area contributed by atoms with Gasteiger partial charge in [-0.15, -0.1) is 0 Å². The van der Waals surface area contributed by atoms with Gasteiger partial charge in [-0.05, 0) is 19.8 Å². The van der Waals surface area contributed by atoms with Crippen molar-refractivity contribution in [3.8, 4) is 0 Å². The van der Waals surface area contributed by atoms with E-state index < -0.39 is 6.17 Å². The molecule has 5 heteroatoms. The number of alkyl halides is 1. The van der Waals surface area contributed by atoms with E-state index in [1.165, 1.54) is 6.07 Å². The molecule has 0 aromatic carbocycles. The largest absolute Gasteiger partial charge is 0.311 e. The van der Waals surface area contributed by atoms with Crippen molar-refractivity contribution in [1.29, 1.82) is 0 Å². The summed E-state index contributed by atoms with van der Waals surface area (Å²) in [5.41, 5.74) is 0.530. The Kier molecular flexibility index (Phi) is 2.21. The molecule has 0 atom stereocenters. The Hall–Kier alpha value is -1.78. The van der Waals surface area contributed by atoms with Gasteiger partial charge in [-0.3, -0.25) is 4.79 Å². The van der Waals surface area contributed by atoms with Crippen molar-refractivity contribution in [2.45, 2.75) is 32.0 Å². The fourth-order valence-electron chi connectivity index (χ4n) is 2.15. The molecule has 2 heterocycles. The van der Waals surface area contributed by atoms with Gasteiger partial charge in [-0.1, -0.05) is 0 Å². The highest BCUT2D eigenvalue weighted by atomic mass is 19.1. The number of pyridine rings is 1. The van der Waals surface area contributed by atoms with Gasteiger partial charge < -0.3 is 4.57 Å². The molecule has 0 saturated heterocycles. The highest BCUT2D eigenvalue weighted by Gasteiger charge is 2.30. The molecule has 2 aromatic heterocycles. The molecule has 0 bridgehead atoms. The fraction of sp³-hybridized carbons (Fsp3) is 0.417. The summed E-state index contributed by atoms with van der Waals surface area (Å²) in [6.07, 6.45) is 3.51. The summed E-state index contributed by atoms with van der Waals surface area (Å²) in [4.78, 5) is 20.2. The highest BCUT2D eigenvalue weighted by molar-refractivity contribution is 5.76. The van der Waals surface area contributed by atoms with Gasteiger partial charge in [0.2, 0.25) is 0 Å². The van der Waals surface area contributed by atoms with Crippen molar-refractivity contribution in [3.05, 3.63) is 34.6 Å². The first-order valence-corrected chi connectivity index (χ1v) is 5.63. The monoisotopic (exact) mass is 233 g/mol. The fourth-order valence-corrected chi connectivity index (χ4v) is 2.15. The third-order valence-electron chi connectivity index (χ3n) is 3.21. The average molecular weight is 233 g/mol. The SMILES string of the molecule is Cc1ncc2cn(C3CC(F)C3)c(=O)cc2n1. The van der Waals surface area contributed by atoms with Gasteiger partial charge in [0.25, 0.3) is 5.56 Å². The van der Waals surface area contributed by atoms with Crippen LogP contribution in [0.1, 0.15) is 24.7 Å². The van der Waals surface area contributed by atoms with Crippen LogP contribution in [0.3, 0.4) is 0 Å². The number of hydrogen-bond donors (Lipinski definition) is 0. The van der Waals surface area contributed by atoms with E-state index in [0.717, 1.165) is 5.39 Å². The molecule has 0 spiro atoms. The Morgan fingerprint density at radius 1 is 1.47 bits per heavy atom. The first-order valence-electron chi connectivity index (χ1n) is 5.63. The van der Waals surface area contributed by atoms with Crippen LogP contribution in [0.5, 0.6) is 0 Å². The van der Waals surface area contributed by atoms with Crippen molar-refractivity contribution in [2.75, 3.05) is 0 Å². The standard InChI is InChI=1S/C12H12FN3O/c1-7-14-5-8-6-16(10-2-9(13)3-10)12(17)4-11(8)15-7/h4-6,9-10H,2-3H2,1H3. The summed E-state index contributed by atoms with van der Waals surface area (Å²) in [5, 5.41) is 0.817. The molecule has 1 fully saturated rings. The molecule has 4 nitrogen and oxygen atoms in total. The Balaban J connectivity index is 2.11. The zero-order valence-corrected chi connectivity index (χ0v) is 9.43. The van der Waals surface area contributed by atoms with Crippen molar-refractivity contribution in [1.82, 2.24) is 14.5 Å². The maximum atomic E-state index is 12.8. The predicted molar refractivity (Wildman–Crippen MR) is 61.7 cm³/mol. The molecular formula is C12H12FN3O. The molecule has 17 heavy (non-hydrogen) atoms. The second-order valence-corrected chi connectivity index (χ2v) is 4.50. The van der Waals surface area contributed by atoms with Gasteiger partial charge in [0.15, 0.2) is 0 Å². The maximum absolute atomic E-state index is 12.8. The van der Waals surface area contributed by atoms with Gasteiger partial charge in [0, 0.05) is 29.9 Å². The van der Waals surface area contributed by atoms with Crippen LogP contribution < -0.4 is 5.56 Å². The third-order valence-corrected chi connectivity index (χ3v) is 3.21. The quantitative estimate of drug-likeness (QED) is 0.754. The minimum Gasteiger partial charge on any atom is -0.311 e. The minimum absolute atomic E-state index is 0.0109. The number of rotatable bonds is 1. The molecule has 0 unspecified atom stereocenters. The maximum Gasteiger partial charge on any atom is 0.252 e. The molecule has 1 aliphatic carbocycles. The molecule has 3 rings (SSSR count). The number of aromatic nitrogens is 3. The van der Waals surface area contributed by atoms with E-state index in [4.69, 9.17) is 0 Å². The Morgan fingerprint density at radius 3 is 2.94 bits per heavy atom. The lowest BCUT2D eigenvalue weighted by molar-refractivity contribution is 0.134. The second kappa shape index (κ2) is 3.61. The summed E-state index contributed by atoms with van der Waals surface area (Å²) in [5.74, 6) is 0.641. The highest BCUT2D eigenvalue weighted by Crippen LogP contribution is 2.33. The number of halogens is 1. The Labute approximate surface area is 97.1 Å². The van der Waals surface area contributed by atoms with Gasteiger partial charge in [-0.2, -0.15) is 0 Å². The number of hydrogen-bond acceptors (Lipinski definition) is 3. The molecular weight excluding hydrogens is 221 g/mol. The van der Waals surface area contributed by atoms with Crippen molar-refractivity contribution in [3.63, 3.8) is 0 Å².